The summed E-state index contributed by atoms with van der Waals surface area (Å²) < 4.78 is 17.9. The Morgan fingerprint density at radius 3 is 2.44 bits per heavy atom. The van der Waals surface area contributed by atoms with Crippen LogP contribution in [0, 0.1) is 6.92 Å². The number of nitrogens with one attached hydrogen (secondary N) is 1. The molecule has 0 heterocycles. The SMILES string of the molecule is CCc1ccc(CNC(/C=C/F)=C/C=C(\C)CCC(=O)O)c(C)c1N(CC)C(=O)COC. The molecule has 0 radical (unpaired) electrons. The molecule has 2 N–H and O–H groups in total. The molecule has 0 aliphatic carbocycles. The minimum absolute atomic E-state index is 0.0145. The van der Waals surface area contributed by atoms with Gasteiger partial charge in [0.1, 0.15) is 6.61 Å². The number of methoxy groups -OCH3 is 1. The number of amides is 1. The van der Waals surface area contributed by atoms with Crippen LogP contribution in [0.1, 0.15) is 50.3 Å². The van der Waals surface area contributed by atoms with Crippen molar-refractivity contribution in [3.8, 4) is 0 Å². The Kier molecular flexibility index (Phi) is 12.0. The third kappa shape index (κ3) is 8.30. The van der Waals surface area contributed by atoms with E-state index in [2.05, 4.69) is 12.2 Å². The Morgan fingerprint density at radius 2 is 1.88 bits per heavy atom. The number of benzene rings is 1. The minimum atomic E-state index is -0.851. The molecular formula is C25H35FN2O4. The Balaban J connectivity index is 3.15. The Hall–Kier alpha value is -2.93. The van der Waals surface area contributed by atoms with Crippen LogP contribution in [0.25, 0.3) is 0 Å². The van der Waals surface area contributed by atoms with Crippen molar-refractivity contribution >= 4 is 17.6 Å². The third-order valence-electron chi connectivity index (χ3n) is 5.17. The summed E-state index contributed by atoms with van der Waals surface area (Å²) in [6.07, 6.45) is 6.56. The molecule has 1 amide bonds. The van der Waals surface area contributed by atoms with Crippen LogP contribution in [0.4, 0.5) is 10.1 Å². The van der Waals surface area contributed by atoms with Crippen LogP contribution in [0.3, 0.4) is 0 Å². The molecule has 0 spiro atoms. The maximum absolute atomic E-state index is 12.9. The average Bonchev–Trinajstić information content (AvgIpc) is 2.76. The van der Waals surface area contributed by atoms with Gasteiger partial charge in [-0.15, -0.1) is 0 Å². The molecule has 0 saturated heterocycles. The number of halogens is 1. The lowest BCUT2D eigenvalue weighted by Gasteiger charge is -2.27. The van der Waals surface area contributed by atoms with Crippen molar-refractivity contribution < 1.29 is 23.8 Å². The fourth-order valence-electron chi connectivity index (χ4n) is 3.37. The van der Waals surface area contributed by atoms with E-state index in [1.54, 1.807) is 17.1 Å². The number of rotatable bonds is 13. The van der Waals surface area contributed by atoms with Gasteiger partial charge in [0.2, 0.25) is 0 Å². The zero-order chi connectivity index (χ0) is 24.1. The van der Waals surface area contributed by atoms with Crippen LogP contribution in [0.15, 0.2) is 48.0 Å². The molecule has 1 aromatic rings. The third-order valence-corrected chi connectivity index (χ3v) is 5.17. The number of aliphatic carboxylic acids is 1. The lowest BCUT2D eigenvalue weighted by molar-refractivity contribution is -0.137. The summed E-state index contributed by atoms with van der Waals surface area (Å²) in [5.41, 5.74) is 5.40. The first-order chi connectivity index (χ1) is 15.3. The Bertz CT molecular complexity index is 875. The molecule has 1 aromatic carbocycles. The number of hydrogen-bond donors (Lipinski definition) is 2. The van der Waals surface area contributed by atoms with Gasteiger partial charge in [0.05, 0.1) is 12.0 Å². The number of carbonyl (C=O) groups excluding carboxylic acids is 1. The fourth-order valence-corrected chi connectivity index (χ4v) is 3.37. The number of carboxylic acids is 1. The standard InChI is InChI=1S/C25H35FN2O4/c1-6-20-10-11-21(19(4)25(20)28(7-2)23(29)17-32-5)16-27-22(14-15-26)12-8-18(3)9-13-24(30)31/h8,10-12,14-15,27H,6-7,9,13,16-17H2,1-5H3,(H,30,31)/b15-14+,18-8+,22-12+. The zero-order valence-corrected chi connectivity index (χ0v) is 19.7. The molecule has 0 aromatic heterocycles. The second kappa shape index (κ2) is 14.2. The smallest absolute Gasteiger partial charge is 0.303 e. The van der Waals surface area contributed by atoms with Crippen molar-refractivity contribution in [3.05, 3.63) is 64.7 Å². The van der Waals surface area contributed by atoms with Gasteiger partial charge in [-0.1, -0.05) is 30.7 Å². The first-order valence-corrected chi connectivity index (χ1v) is 10.8. The number of ether oxygens (including phenoxy) is 1. The summed E-state index contributed by atoms with van der Waals surface area (Å²) >= 11 is 0. The largest absolute Gasteiger partial charge is 0.481 e. The summed E-state index contributed by atoms with van der Waals surface area (Å²) in [5, 5.41) is 12.0. The normalized spacial score (nSPS) is 12.3. The van der Waals surface area contributed by atoms with Gasteiger partial charge in [-0.25, -0.2) is 4.39 Å². The lowest BCUT2D eigenvalue weighted by atomic mass is 9.98. The summed E-state index contributed by atoms with van der Waals surface area (Å²) in [6, 6.07) is 4.04. The molecule has 0 unspecified atom stereocenters. The Morgan fingerprint density at radius 1 is 1.19 bits per heavy atom. The molecule has 0 aliphatic heterocycles. The van der Waals surface area contributed by atoms with Gasteiger partial charge >= 0.3 is 5.97 Å². The van der Waals surface area contributed by atoms with E-state index in [0.717, 1.165) is 34.4 Å². The van der Waals surface area contributed by atoms with E-state index in [-0.39, 0.29) is 18.9 Å². The van der Waals surface area contributed by atoms with Crippen LogP contribution in [-0.2, 0) is 27.3 Å². The van der Waals surface area contributed by atoms with Crippen molar-refractivity contribution in [1.82, 2.24) is 5.32 Å². The van der Waals surface area contributed by atoms with Gasteiger partial charge in [-0.05, 0) is 62.5 Å². The number of hydrogen-bond acceptors (Lipinski definition) is 4. The van der Waals surface area contributed by atoms with E-state index in [1.807, 2.05) is 32.9 Å². The molecule has 176 valence electrons. The fraction of sp³-hybridized carbons (Fsp3) is 0.440. The van der Waals surface area contributed by atoms with Gasteiger partial charge in [0.15, 0.2) is 0 Å². The topological polar surface area (TPSA) is 78.9 Å². The summed E-state index contributed by atoms with van der Waals surface area (Å²) in [7, 11) is 1.50. The van der Waals surface area contributed by atoms with Crippen LogP contribution >= 0.6 is 0 Å². The molecule has 0 fully saturated rings. The van der Waals surface area contributed by atoms with Crippen molar-refractivity contribution in [2.45, 2.75) is 53.5 Å². The molecule has 0 saturated carbocycles. The monoisotopic (exact) mass is 446 g/mol. The van der Waals surface area contributed by atoms with Crippen molar-refractivity contribution in [3.63, 3.8) is 0 Å². The van der Waals surface area contributed by atoms with Gasteiger partial charge < -0.3 is 20.1 Å². The highest BCUT2D eigenvalue weighted by molar-refractivity contribution is 5.96. The molecule has 32 heavy (non-hydrogen) atoms. The van der Waals surface area contributed by atoms with E-state index in [0.29, 0.717) is 31.5 Å². The van der Waals surface area contributed by atoms with Crippen molar-refractivity contribution in [2.75, 3.05) is 25.2 Å². The second-order valence-electron chi connectivity index (χ2n) is 7.46. The van der Waals surface area contributed by atoms with Gasteiger partial charge in [-0.3, -0.25) is 9.59 Å². The van der Waals surface area contributed by atoms with Crippen molar-refractivity contribution in [1.29, 1.82) is 0 Å². The molecule has 7 heteroatoms. The number of likely N-dealkylation sites (N-methyl/N-ethyl adjacent to an activating group) is 1. The predicted octanol–water partition coefficient (Wildman–Crippen LogP) is 4.82. The first-order valence-electron chi connectivity index (χ1n) is 10.8. The van der Waals surface area contributed by atoms with Gasteiger partial charge in [0, 0.05) is 32.3 Å². The molecule has 6 nitrogen and oxygen atoms in total. The number of anilines is 1. The van der Waals surface area contributed by atoms with Crippen LogP contribution < -0.4 is 10.2 Å². The maximum atomic E-state index is 12.9. The first kappa shape index (κ1) is 27.1. The van der Waals surface area contributed by atoms with Crippen LogP contribution in [0.2, 0.25) is 0 Å². The molecule has 0 atom stereocenters. The van der Waals surface area contributed by atoms with Gasteiger partial charge in [-0.2, -0.15) is 0 Å². The summed E-state index contributed by atoms with van der Waals surface area (Å²) in [6.45, 7) is 8.80. The molecule has 0 bridgehead atoms. The Labute approximate surface area is 190 Å². The highest BCUT2D eigenvalue weighted by atomic mass is 19.1. The lowest BCUT2D eigenvalue weighted by Crippen LogP contribution is -2.35. The van der Waals surface area contributed by atoms with Crippen LogP contribution in [-0.4, -0.2) is 37.2 Å². The number of aryl methyl sites for hydroxylation is 1. The van der Waals surface area contributed by atoms with Crippen molar-refractivity contribution in [2.24, 2.45) is 0 Å². The number of nitrogens with zero attached hydrogens (tertiary/aromatic N) is 1. The summed E-state index contributed by atoms with van der Waals surface area (Å²) in [5.74, 6) is -0.948. The van der Waals surface area contributed by atoms with E-state index in [1.165, 1.54) is 13.2 Å². The number of carboxylic acid groups (broad SMARTS) is 1. The average molecular weight is 447 g/mol. The maximum Gasteiger partial charge on any atom is 0.303 e. The predicted molar refractivity (Wildman–Crippen MR) is 126 cm³/mol. The second-order valence-corrected chi connectivity index (χ2v) is 7.46. The molecule has 0 aliphatic rings. The quantitative estimate of drug-likeness (QED) is 0.425. The highest BCUT2D eigenvalue weighted by Gasteiger charge is 2.20. The molecule has 1 rings (SSSR count). The highest BCUT2D eigenvalue weighted by Crippen LogP contribution is 2.29. The van der Waals surface area contributed by atoms with E-state index in [4.69, 9.17) is 9.84 Å². The van der Waals surface area contributed by atoms with Crippen LogP contribution in [0.5, 0.6) is 0 Å². The minimum Gasteiger partial charge on any atom is -0.481 e. The molecular weight excluding hydrogens is 411 g/mol. The van der Waals surface area contributed by atoms with E-state index < -0.39 is 5.97 Å². The van der Waals surface area contributed by atoms with E-state index in [9.17, 15) is 14.0 Å². The van der Waals surface area contributed by atoms with E-state index >= 15 is 0 Å². The summed E-state index contributed by atoms with van der Waals surface area (Å²) in [4.78, 5) is 25.0. The van der Waals surface area contributed by atoms with Gasteiger partial charge in [0.25, 0.3) is 5.91 Å². The number of carbonyl (C=O) groups is 2. The number of allylic oxidation sites excluding steroid dienone is 4. The zero-order valence-electron chi connectivity index (χ0n) is 19.7.